The Labute approximate surface area is 173 Å². The number of hydrazone groups is 1. The number of hydrogen-bond donors (Lipinski definition) is 2. The summed E-state index contributed by atoms with van der Waals surface area (Å²) >= 11 is 6.11. The van der Waals surface area contributed by atoms with E-state index in [2.05, 4.69) is 10.5 Å². The Bertz CT molecular complexity index is 1020. The molecule has 0 fully saturated rings. The molecule has 3 aromatic rings. The maximum absolute atomic E-state index is 12.1. The van der Waals surface area contributed by atoms with Crippen LogP contribution in [-0.2, 0) is 6.61 Å². The van der Waals surface area contributed by atoms with Crippen molar-refractivity contribution in [3.63, 3.8) is 0 Å². The van der Waals surface area contributed by atoms with Gasteiger partial charge in [0, 0.05) is 16.7 Å². The third-order valence-electron chi connectivity index (χ3n) is 4.06. The lowest BCUT2D eigenvalue weighted by Gasteiger charge is -2.08. The van der Waals surface area contributed by atoms with Gasteiger partial charge in [-0.3, -0.25) is 4.79 Å². The summed E-state index contributed by atoms with van der Waals surface area (Å²) in [7, 11) is 1.48. The van der Waals surface area contributed by atoms with Crippen LogP contribution in [0.15, 0.2) is 71.8 Å². The van der Waals surface area contributed by atoms with Gasteiger partial charge in [0.1, 0.15) is 23.9 Å². The molecule has 0 saturated carbocycles. The number of phenols is 1. The van der Waals surface area contributed by atoms with Crippen molar-refractivity contribution in [3.8, 4) is 17.2 Å². The predicted octanol–water partition coefficient (Wildman–Crippen LogP) is 4.40. The molecule has 0 unspecified atom stereocenters. The second kappa shape index (κ2) is 9.61. The molecule has 0 aliphatic heterocycles. The van der Waals surface area contributed by atoms with Crippen LogP contribution in [0.4, 0.5) is 0 Å². The van der Waals surface area contributed by atoms with Crippen LogP contribution in [-0.4, -0.2) is 24.3 Å². The minimum absolute atomic E-state index is 0.103. The molecule has 0 atom stereocenters. The topological polar surface area (TPSA) is 80.2 Å². The van der Waals surface area contributed by atoms with Gasteiger partial charge in [-0.25, -0.2) is 5.43 Å². The monoisotopic (exact) mass is 410 g/mol. The van der Waals surface area contributed by atoms with E-state index in [0.717, 1.165) is 11.1 Å². The number of nitrogens with one attached hydrogen (secondary N) is 1. The van der Waals surface area contributed by atoms with Crippen molar-refractivity contribution in [3.05, 3.63) is 88.4 Å². The van der Waals surface area contributed by atoms with Crippen molar-refractivity contribution < 1.29 is 19.4 Å². The third kappa shape index (κ3) is 5.49. The number of hydrogen-bond acceptors (Lipinski definition) is 5. The van der Waals surface area contributed by atoms with Crippen molar-refractivity contribution >= 4 is 23.7 Å². The third-order valence-corrected chi connectivity index (χ3v) is 4.43. The normalized spacial score (nSPS) is 10.7. The number of halogens is 1. The van der Waals surface area contributed by atoms with Crippen molar-refractivity contribution in [2.24, 2.45) is 5.10 Å². The number of phenolic OH excluding ortho intramolecular Hbond substituents is 1. The number of benzene rings is 3. The SMILES string of the molecule is COc1ccc(C(=O)N/N=C\c2ccc(OCc3ccccc3Cl)cc2)c(O)c1. The minimum atomic E-state index is -0.527. The molecule has 29 heavy (non-hydrogen) atoms. The van der Waals surface area contributed by atoms with Crippen molar-refractivity contribution in [1.82, 2.24) is 5.43 Å². The minimum Gasteiger partial charge on any atom is -0.507 e. The van der Waals surface area contributed by atoms with E-state index >= 15 is 0 Å². The number of aromatic hydroxyl groups is 1. The maximum atomic E-state index is 12.1. The Morgan fingerprint density at radius 1 is 1.10 bits per heavy atom. The maximum Gasteiger partial charge on any atom is 0.275 e. The average Bonchev–Trinajstić information content (AvgIpc) is 2.74. The molecule has 148 valence electrons. The molecule has 7 heteroatoms. The summed E-state index contributed by atoms with van der Waals surface area (Å²) in [5.74, 6) is 0.437. The van der Waals surface area contributed by atoms with Crippen molar-refractivity contribution in [1.29, 1.82) is 0 Å². The second-order valence-electron chi connectivity index (χ2n) is 6.03. The first-order valence-electron chi connectivity index (χ1n) is 8.73. The summed E-state index contributed by atoms with van der Waals surface area (Å²) in [5, 5.41) is 14.4. The first-order valence-corrected chi connectivity index (χ1v) is 9.11. The Balaban J connectivity index is 1.54. The van der Waals surface area contributed by atoms with E-state index < -0.39 is 5.91 Å². The number of rotatable bonds is 7. The first-order chi connectivity index (χ1) is 14.1. The van der Waals surface area contributed by atoms with Gasteiger partial charge in [-0.1, -0.05) is 29.8 Å². The molecule has 1 amide bonds. The summed E-state index contributed by atoms with van der Waals surface area (Å²) in [6, 6.07) is 19.1. The molecule has 0 bridgehead atoms. The van der Waals surface area contributed by atoms with Gasteiger partial charge < -0.3 is 14.6 Å². The predicted molar refractivity (Wildman–Crippen MR) is 112 cm³/mol. The number of methoxy groups -OCH3 is 1. The zero-order valence-corrected chi connectivity index (χ0v) is 16.4. The highest BCUT2D eigenvalue weighted by Crippen LogP contribution is 2.23. The van der Waals surface area contributed by atoms with E-state index in [1.54, 1.807) is 18.2 Å². The summed E-state index contributed by atoms with van der Waals surface area (Å²) in [4.78, 5) is 12.1. The molecule has 0 aliphatic carbocycles. The van der Waals surface area contributed by atoms with Gasteiger partial charge in [0.15, 0.2) is 0 Å². The van der Waals surface area contributed by atoms with Gasteiger partial charge in [-0.15, -0.1) is 0 Å². The zero-order chi connectivity index (χ0) is 20.6. The number of carbonyl (C=O) groups is 1. The number of carbonyl (C=O) groups excluding carboxylic acids is 1. The summed E-state index contributed by atoms with van der Waals surface area (Å²) < 4.78 is 10.7. The molecule has 3 rings (SSSR count). The molecule has 0 aromatic heterocycles. The van der Waals surface area contributed by atoms with Gasteiger partial charge in [0.05, 0.1) is 18.9 Å². The average molecular weight is 411 g/mol. The molecule has 0 aliphatic rings. The van der Waals surface area contributed by atoms with Gasteiger partial charge in [0.2, 0.25) is 0 Å². The van der Waals surface area contributed by atoms with Gasteiger partial charge in [-0.05, 0) is 48.0 Å². The molecule has 2 N–H and O–H groups in total. The van der Waals surface area contributed by atoms with E-state index in [-0.39, 0.29) is 11.3 Å². The van der Waals surface area contributed by atoms with E-state index in [9.17, 15) is 9.90 Å². The standard InChI is InChI=1S/C22H19ClN2O4/c1-28-18-10-11-19(21(26)12-18)22(27)25-24-13-15-6-8-17(9-7-15)29-14-16-4-2-3-5-20(16)23/h2-13,26H,14H2,1H3,(H,25,27)/b24-13-. The van der Waals surface area contributed by atoms with E-state index in [1.807, 2.05) is 36.4 Å². The van der Waals surface area contributed by atoms with Crippen LogP contribution in [0.5, 0.6) is 17.2 Å². The highest BCUT2D eigenvalue weighted by Gasteiger charge is 2.11. The van der Waals surface area contributed by atoms with Crippen LogP contribution in [0.25, 0.3) is 0 Å². The smallest absolute Gasteiger partial charge is 0.275 e. The lowest BCUT2D eigenvalue weighted by molar-refractivity contribution is 0.0952. The largest absolute Gasteiger partial charge is 0.507 e. The molecule has 0 radical (unpaired) electrons. The second-order valence-corrected chi connectivity index (χ2v) is 6.44. The van der Waals surface area contributed by atoms with E-state index in [1.165, 1.54) is 25.5 Å². The highest BCUT2D eigenvalue weighted by atomic mass is 35.5. The van der Waals surface area contributed by atoms with Crippen LogP contribution in [0.3, 0.4) is 0 Å². The van der Waals surface area contributed by atoms with Crippen molar-refractivity contribution in [2.45, 2.75) is 6.61 Å². The molecule has 0 saturated heterocycles. The van der Waals surface area contributed by atoms with E-state index in [0.29, 0.717) is 23.1 Å². The number of amides is 1. The van der Waals surface area contributed by atoms with Crippen LogP contribution < -0.4 is 14.9 Å². The number of nitrogens with zero attached hydrogens (tertiary/aromatic N) is 1. The molecular formula is C22H19ClN2O4. The number of ether oxygens (including phenoxy) is 2. The molecule has 0 heterocycles. The fourth-order valence-corrected chi connectivity index (χ4v) is 2.67. The van der Waals surface area contributed by atoms with Crippen LogP contribution in [0.1, 0.15) is 21.5 Å². The first kappa shape index (κ1) is 20.2. The van der Waals surface area contributed by atoms with Crippen LogP contribution >= 0.6 is 11.6 Å². The summed E-state index contributed by atoms with van der Waals surface area (Å²) in [5.41, 5.74) is 4.16. The summed E-state index contributed by atoms with van der Waals surface area (Å²) in [6.45, 7) is 0.370. The quantitative estimate of drug-likeness (QED) is 0.447. The lowest BCUT2D eigenvalue weighted by Crippen LogP contribution is -2.17. The molecule has 6 nitrogen and oxygen atoms in total. The fraction of sp³-hybridized carbons (Fsp3) is 0.0909. The van der Waals surface area contributed by atoms with Crippen molar-refractivity contribution in [2.75, 3.05) is 7.11 Å². The molecule has 0 spiro atoms. The Kier molecular flexibility index (Phi) is 6.71. The molecule has 3 aromatic carbocycles. The highest BCUT2D eigenvalue weighted by molar-refractivity contribution is 6.31. The fourth-order valence-electron chi connectivity index (χ4n) is 2.48. The molecular weight excluding hydrogens is 392 g/mol. The van der Waals surface area contributed by atoms with Gasteiger partial charge >= 0.3 is 0 Å². The van der Waals surface area contributed by atoms with Crippen LogP contribution in [0.2, 0.25) is 5.02 Å². The van der Waals surface area contributed by atoms with Gasteiger partial charge in [0.25, 0.3) is 5.91 Å². The Morgan fingerprint density at radius 3 is 2.52 bits per heavy atom. The van der Waals surface area contributed by atoms with Crippen LogP contribution in [0, 0.1) is 0 Å². The Morgan fingerprint density at radius 2 is 1.83 bits per heavy atom. The van der Waals surface area contributed by atoms with E-state index in [4.69, 9.17) is 21.1 Å². The summed E-state index contributed by atoms with van der Waals surface area (Å²) in [6.07, 6.45) is 1.50. The van der Waals surface area contributed by atoms with Gasteiger partial charge in [-0.2, -0.15) is 5.10 Å². The lowest BCUT2D eigenvalue weighted by atomic mass is 10.2. The zero-order valence-electron chi connectivity index (χ0n) is 15.6. The Hall–Kier alpha value is -3.51.